The molecule has 0 saturated carbocycles. The lowest BCUT2D eigenvalue weighted by molar-refractivity contribution is 0.359. The second-order valence-corrected chi connectivity index (χ2v) is 5.89. The summed E-state index contributed by atoms with van der Waals surface area (Å²) in [7, 11) is -2.26. The van der Waals surface area contributed by atoms with Gasteiger partial charge in [-0.2, -0.15) is 4.31 Å². The van der Waals surface area contributed by atoms with Crippen molar-refractivity contribution in [3.05, 3.63) is 24.0 Å². The summed E-state index contributed by atoms with van der Waals surface area (Å²) in [6.07, 6.45) is 0. The van der Waals surface area contributed by atoms with Gasteiger partial charge in [0.25, 0.3) is 0 Å². The van der Waals surface area contributed by atoms with Crippen LogP contribution in [0.3, 0.4) is 0 Å². The van der Waals surface area contributed by atoms with Crippen molar-refractivity contribution in [1.29, 1.82) is 0 Å². The third kappa shape index (κ3) is 3.36. The van der Waals surface area contributed by atoms with Gasteiger partial charge < -0.3 is 10.1 Å². The van der Waals surface area contributed by atoms with Crippen LogP contribution in [-0.2, 0) is 10.0 Å². The molecule has 1 aromatic carbocycles. The lowest BCUT2D eigenvalue weighted by atomic mass is 10.3. The maximum absolute atomic E-state index is 13.3. The second-order valence-electron chi connectivity index (χ2n) is 3.95. The zero-order chi connectivity index (χ0) is 13.2. The van der Waals surface area contributed by atoms with Crippen molar-refractivity contribution in [2.24, 2.45) is 0 Å². The van der Waals surface area contributed by atoms with Crippen molar-refractivity contribution in [3.63, 3.8) is 0 Å². The molecule has 0 atom stereocenters. The number of methoxy groups -OCH3 is 1. The monoisotopic (exact) mass is 310 g/mol. The van der Waals surface area contributed by atoms with E-state index in [4.69, 9.17) is 4.74 Å². The highest BCUT2D eigenvalue weighted by Gasteiger charge is 2.26. The summed E-state index contributed by atoms with van der Waals surface area (Å²) in [6.45, 7) is 2.08. The maximum atomic E-state index is 13.3. The molecule has 0 aliphatic carbocycles. The normalized spacial score (nSPS) is 16.7. The van der Waals surface area contributed by atoms with Crippen LogP contribution in [0.15, 0.2) is 23.1 Å². The summed E-state index contributed by atoms with van der Waals surface area (Å²) in [5, 5.41) is 3.08. The standard InChI is InChI=1S/C11H15FN2O3S.ClH/c1-17-11-8-9(2-3-10(11)12)18(15,16)14-6-4-13-5-7-14;/h2-3,8,13H,4-7H2,1H3;1H. The van der Waals surface area contributed by atoms with E-state index in [1.54, 1.807) is 0 Å². The summed E-state index contributed by atoms with van der Waals surface area (Å²) in [6, 6.07) is 3.58. The third-order valence-corrected chi connectivity index (χ3v) is 4.73. The van der Waals surface area contributed by atoms with E-state index in [-0.39, 0.29) is 23.1 Å². The SMILES string of the molecule is COc1cc(S(=O)(=O)N2CCNCC2)ccc1F.Cl. The highest BCUT2D eigenvalue weighted by molar-refractivity contribution is 7.89. The van der Waals surface area contributed by atoms with E-state index < -0.39 is 15.8 Å². The van der Waals surface area contributed by atoms with E-state index in [9.17, 15) is 12.8 Å². The van der Waals surface area contributed by atoms with Gasteiger partial charge in [0.2, 0.25) is 10.0 Å². The van der Waals surface area contributed by atoms with E-state index in [0.717, 1.165) is 6.07 Å². The van der Waals surface area contributed by atoms with Gasteiger partial charge in [-0.25, -0.2) is 12.8 Å². The average molecular weight is 311 g/mol. The van der Waals surface area contributed by atoms with Crippen molar-refractivity contribution in [2.75, 3.05) is 33.3 Å². The first-order valence-corrected chi connectivity index (χ1v) is 7.04. The summed E-state index contributed by atoms with van der Waals surface area (Å²) in [5.74, 6) is -0.636. The maximum Gasteiger partial charge on any atom is 0.243 e. The van der Waals surface area contributed by atoms with Crippen LogP contribution in [0.4, 0.5) is 4.39 Å². The van der Waals surface area contributed by atoms with E-state index in [1.165, 1.54) is 23.5 Å². The van der Waals surface area contributed by atoms with Gasteiger partial charge in [0.05, 0.1) is 12.0 Å². The smallest absolute Gasteiger partial charge is 0.243 e. The zero-order valence-electron chi connectivity index (χ0n) is 10.4. The van der Waals surface area contributed by atoms with Gasteiger partial charge in [0.15, 0.2) is 11.6 Å². The molecule has 1 aliphatic rings. The van der Waals surface area contributed by atoms with Crippen LogP contribution < -0.4 is 10.1 Å². The number of nitrogens with zero attached hydrogens (tertiary/aromatic N) is 1. The van der Waals surface area contributed by atoms with Crippen LogP contribution in [0.5, 0.6) is 5.75 Å². The fraction of sp³-hybridized carbons (Fsp3) is 0.455. The quantitative estimate of drug-likeness (QED) is 0.899. The highest BCUT2D eigenvalue weighted by atomic mass is 35.5. The number of hydrogen-bond acceptors (Lipinski definition) is 4. The number of piperazine rings is 1. The molecule has 19 heavy (non-hydrogen) atoms. The highest BCUT2D eigenvalue weighted by Crippen LogP contribution is 2.23. The van der Waals surface area contributed by atoms with Crippen LogP contribution in [-0.4, -0.2) is 46.0 Å². The van der Waals surface area contributed by atoms with E-state index in [1.807, 2.05) is 0 Å². The first-order valence-electron chi connectivity index (χ1n) is 5.60. The van der Waals surface area contributed by atoms with Crippen molar-refractivity contribution in [1.82, 2.24) is 9.62 Å². The topological polar surface area (TPSA) is 58.6 Å². The van der Waals surface area contributed by atoms with Gasteiger partial charge in [-0.05, 0) is 12.1 Å². The van der Waals surface area contributed by atoms with Gasteiger partial charge in [-0.3, -0.25) is 0 Å². The van der Waals surface area contributed by atoms with Crippen molar-refractivity contribution >= 4 is 22.4 Å². The zero-order valence-corrected chi connectivity index (χ0v) is 12.1. The molecule has 1 fully saturated rings. The van der Waals surface area contributed by atoms with Gasteiger partial charge in [-0.15, -0.1) is 12.4 Å². The van der Waals surface area contributed by atoms with E-state index >= 15 is 0 Å². The molecule has 0 unspecified atom stereocenters. The molecule has 1 N–H and O–H groups in total. The molecular weight excluding hydrogens is 295 g/mol. The molecule has 108 valence electrons. The molecule has 0 bridgehead atoms. The van der Waals surface area contributed by atoms with Crippen LogP contribution in [0.25, 0.3) is 0 Å². The van der Waals surface area contributed by atoms with Crippen LogP contribution >= 0.6 is 12.4 Å². The van der Waals surface area contributed by atoms with Crippen LogP contribution in [0.1, 0.15) is 0 Å². The Balaban J connectivity index is 0.00000180. The number of ether oxygens (including phenoxy) is 1. The molecule has 1 heterocycles. The molecule has 0 spiro atoms. The molecule has 1 saturated heterocycles. The molecular formula is C11H16ClFN2O3S. The molecule has 5 nitrogen and oxygen atoms in total. The largest absolute Gasteiger partial charge is 0.494 e. The summed E-state index contributed by atoms with van der Waals surface area (Å²) in [4.78, 5) is 0.0580. The van der Waals surface area contributed by atoms with Crippen LogP contribution in [0.2, 0.25) is 0 Å². The van der Waals surface area contributed by atoms with Gasteiger partial charge in [0, 0.05) is 32.2 Å². The minimum atomic E-state index is -3.56. The fourth-order valence-corrected chi connectivity index (χ4v) is 3.29. The van der Waals surface area contributed by atoms with Gasteiger partial charge in [-0.1, -0.05) is 0 Å². The lowest BCUT2D eigenvalue weighted by Crippen LogP contribution is -2.46. The molecule has 0 amide bonds. The van der Waals surface area contributed by atoms with Crippen molar-refractivity contribution in [2.45, 2.75) is 4.90 Å². The summed E-state index contributed by atoms with van der Waals surface area (Å²) >= 11 is 0. The Morgan fingerprint density at radius 2 is 1.95 bits per heavy atom. The average Bonchev–Trinajstić information content (AvgIpc) is 2.40. The Morgan fingerprint density at radius 3 is 2.53 bits per heavy atom. The minimum Gasteiger partial charge on any atom is -0.494 e. The molecule has 1 aromatic rings. The Bertz CT molecular complexity index is 533. The second kappa shape index (κ2) is 6.51. The number of nitrogens with one attached hydrogen (secondary N) is 1. The summed E-state index contributed by atoms with van der Waals surface area (Å²) in [5.41, 5.74) is 0. The number of hydrogen-bond donors (Lipinski definition) is 1. The first kappa shape index (κ1) is 16.2. The van der Waals surface area contributed by atoms with Crippen molar-refractivity contribution in [3.8, 4) is 5.75 Å². The lowest BCUT2D eigenvalue weighted by Gasteiger charge is -2.26. The Kier molecular flexibility index (Phi) is 5.54. The number of sulfonamides is 1. The van der Waals surface area contributed by atoms with Crippen molar-refractivity contribution < 1.29 is 17.5 Å². The minimum absolute atomic E-state index is 0. The van der Waals surface area contributed by atoms with E-state index in [0.29, 0.717) is 26.2 Å². The molecule has 2 rings (SSSR count). The summed E-state index contributed by atoms with van der Waals surface area (Å²) < 4.78 is 44.0. The first-order chi connectivity index (χ1) is 8.55. The third-order valence-electron chi connectivity index (χ3n) is 2.84. The number of benzene rings is 1. The number of rotatable bonds is 3. The Morgan fingerprint density at radius 1 is 1.32 bits per heavy atom. The van der Waals surface area contributed by atoms with Gasteiger partial charge >= 0.3 is 0 Å². The molecule has 0 radical (unpaired) electrons. The van der Waals surface area contributed by atoms with Gasteiger partial charge in [0.1, 0.15) is 0 Å². The Labute approximate surface area is 118 Å². The molecule has 0 aromatic heterocycles. The van der Waals surface area contributed by atoms with E-state index in [2.05, 4.69) is 5.32 Å². The predicted octanol–water partition coefficient (Wildman–Crippen LogP) is 0.850. The molecule has 1 aliphatic heterocycles. The fourth-order valence-electron chi connectivity index (χ4n) is 1.83. The van der Waals surface area contributed by atoms with Crippen LogP contribution in [0, 0.1) is 5.82 Å². The number of halogens is 2. The predicted molar refractivity (Wildman–Crippen MR) is 71.8 cm³/mol. The Hall–Kier alpha value is -0.890. The molecule has 8 heteroatoms.